The van der Waals surface area contributed by atoms with Crippen molar-refractivity contribution >= 4 is 22.5 Å². The number of halogens is 1. The van der Waals surface area contributed by atoms with Gasteiger partial charge in [-0.1, -0.05) is 29.8 Å². The maximum Gasteiger partial charge on any atom is 0.181 e. The molecule has 102 valence electrons. The second kappa shape index (κ2) is 4.75. The van der Waals surface area contributed by atoms with E-state index in [0.717, 1.165) is 28.0 Å². The molecule has 0 aliphatic rings. The highest BCUT2D eigenvalue weighted by Gasteiger charge is 2.09. The molecule has 0 spiro atoms. The van der Waals surface area contributed by atoms with Crippen LogP contribution >= 0.6 is 11.6 Å². The number of para-hydroxylation sites is 1. The summed E-state index contributed by atoms with van der Waals surface area (Å²) in [5, 5.41) is 9.08. The minimum Gasteiger partial charge on any atom is -0.352 e. The van der Waals surface area contributed by atoms with Crippen molar-refractivity contribution in [2.75, 3.05) is 0 Å². The molecule has 0 amide bonds. The Morgan fingerprint density at radius 2 is 1.76 bits per heavy atom. The lowest BCUT2D eigenvalue weighted by molar-refractivity contribution is 1.09. The fourth-order valence-corrected chi connectivity index (χ4v) is 2.44. The molecular formula is C16H11ClN4. The monoisotopic (exact) mass is 294 g/mol. The SMILES string of the molecule is Clc1ccc(-c2n[nH]c(-c3cc4ccccc4[nH]3)n2)cc1. The van der Waals surface area contributed by atoms with Gasteiger partial charge in [0.2, 0.25) is 0 Å². The van der Waals surface area contributed by atoms with E-state index >= 15 is 0 Å². The van der Waals surface area contributed by atoms with E-state index in [-0.39, 0.29) is 0 Å². The van der Waals surface area contributed by atoms with E-state index < -0.39 is 0 Å². The van der Waals surface area contributed by atoms with Gasteiger partial charge >= 0.3 is 0 Å². The van der Waals surface area contributed by atoms with Crippen molar-refractivity contribution < 1.29 is 0 Å². The molecule has 0 saturated heterocycles. The number of benzene rings is 2. The van der Waals surface area contributed by atoms with Gasteiger partial charge in [0.15, 0.2) is 11.6 Å². The molecule has 0 unspecified atom stereocenters. The average molecular weight is 295 g/mol. The summed E-state index contributed by atoms with van der Waals surface area (Å²) in [5.74, 6) is 1.37. The van der Waals surface area contributed by atoms with Crippen LogP contribution in [0, 0.1) is 0 Å². The zero-order valence-electron chi connectivity index (χ0n) is 11.0. The van der Waals surface area contributed by atoms with Gasteiger partial charge in [-0.05, 0) is 36.4 Å². The molecule has 0 bridgehead atoms. The molecule has 0 aliphatic heterocycles. The second-order valence-electron chi connectivity index (χ2n) is 4.78. The smallest absolute Gasteiger partial charge is 0.181 e. The zero-order chi connectivity index (χ0) is 14.2. The van der Waals surface area contributed by atoms with Crippen LogP contribution < -0.4 is 0 Å². The number of H-pyrrole nitrogens is 2. The van der Waals surface area contributed by atoms with Crippen molar-refractivity contribution in [3.8, 4) is 22.9 Å². The molecule has 0 aliphatic carbocycles. The van der Waals surface area contributed by atoms with Gasteiger partial charge < -0.3 is 4.98 Å². The maximum absolute atomic E-state index is 5.89. The molecular weight excluding hydrogens is 284 g/mol. The van der Waals surface area contributed by atoms with Gasteiger partial charge in [-0.25, -0.2) is 4.98 Å². The Morgan fingerprint density at radius 3 is 2.57 bits per heavy atom. The van der Waals surface area contributed by atoms with Crippen LogP contribution in [0.2, 0.25) is 5.02 Å². The predicted octanol–water partition coefficient (Wildman–Crippen LogP) is 4.27. The third-order valence-corrected chi connectivity index (χ3v) is 3.62. The molecule has 5 heteroatoms. The van der Waals surface area contributed by atoms with E-state index in [1.165, 1.54) is 0 Å². The molecule has 4 nitrogen and oxygen atoms in total. The largest absolute Gasteiger partial charge is 0.352 e. The van der Waals surface area contributed by atoms with Crippen molar-refractivity contribution in [3.05, 3.63) is 59.6 Å². The number of nitrogens with zero attached hydrogens (tertiary/aromatic N) is 2. The standard InChI is InChI=1S/C16H11ClN4/c17-12-7-5-10(6-8-12)15-19-16(21-20-15)14-9-11-3-1-2-4-13(11)18-14/h1-9,18H,(H,19,20,21). The van der Waals surface area contributed by atoms with Gasteiger partial charge in [-0.2, -0.15) is 5.10 Å². The van der Waals surface area contributed by atoms with E-state index in [1.807, 2.05) is 42.5 Å². The van der Waals surface area contributed by atoms with Crippen molar-refractivity contribution in [2.24, 2.45) is 0 Å². The highest BCUT2D eigenvalue weighted by Crippen LogP contribution is 2.24. The minimum atomic E-state index is 0.653. The summed E-state index contributed by atoms with van der Waals surface area (Å²) in [7, 11) is 0. The van der Waals surface area contributed by atoms with Crippen molar-refractivity contribution in [1.82, 2.24) is 20.2 Å². The molecule has 0 fully saturated rings. The molecule has 0 radical (unpaired) electrons. The predicted molar refractivity (Wildman–Crippen MR) is 84.1 cm³/mol. The highest BCUT2D eigenvalue weighted by molar-refractivity contribution is 6.30. The topological polar surface area (TPSA) is 57.4 Å². The number of rotatable bonds is 2. The maximum atomic E-state index is 5.89. The van der Waals surface area contributed by atoms with Crippen LogP contribution in [0.15, 0.2) is 54.6 Å². The zero-order valence-corrected chi connectivity index (χ0v) is 11.7. The Labute approximate surface area is 125 Å². The van der Waals surface area contributed by atoms with E-state index in [0.29, 0.717) is 10.8 Å². The van der Waals surface area contributed by atoms with Gasteiger partial charge in [-0.3, -0.25) is 5.10 Å². The number of aromatic amines is 2. The van der Waals surface area contributed by atoms with Gasteiger partial charge in [0.1, 0.15) is 0 Å². The third kappa shape index (κ3) is 2.19. The van der Waals surface area contributed by atoms with E-state index in [2.05, 4.69) is 32.3 Å². The highest BCUT2D eigenvalue weighted by atomic mass is 35.5. The lowest BCUT2D eigenvalue weighted by Crippen LogP contribution is -1.81. The molecule has 4 aromatic rings. The van der Waals surface area contributed by atoms with Crippen LogP contribution in [-0.2, 0) is 0 Å². The fraction of sp³-hybridized carbons (Fsp3) is 0. The quantitative estimate of drug-likeness (QED) is 0.580. The fourth-order valence-electron chi connectivity index (χ4n) is 2.31. The lowest BCUT2D eigenvalue weighted by Gasteiger charge is -1.94. The molecule has 2 aromatic heterocycles. The minimum absolute atomic E-state index is 0.653. The number of fused-ring (bicyclic) bond motifs is 1. The first kappa shape index (κ1) is 12.2. The summed E-state index contributed by atoms with van der Waals surface area (Å²) in [6, 6.07) is 17.6. The Balaban J connectivity index is 1.75. The van der Waals surface area contributed by atoms with Crippen LogP contribution in [0.4, 0.5) is 0 Å². The molecule has 0 saturated carbocycles. The summed E-state index contributed by atoms with van der Waals surface area (Å²) >= 11 is 5.89. The summed E-state index contributed by atoms with van der Waals surface area (Å²) in [6.45, 7) is 0. The number of aromatic nitrogens is 4. The Hall–Kier alpha value is -2.59. The molecule has 2 aromatic carbocycles. The Morgan fingerprint density at radius 1 is 0.952 bits per heavy atom. The lowest BCUT2D eigenvalue weighted by atomic mass is 10.2. The van der Waals surface area contributed by atoms with E-state index in [4.69, 9.17) is 11.6 Å². The molecule has 2 heterocycles. The number of nitrogens with one attached hydrogen (secondary N) is 2. The van der Waals surface area contributed by atoms with Gasteiger partial charge in [0, 0.05) is 21.5 Å². The van der Waals surface area contributed by atoms with Crippen molar-refractivity contribution in [1.29, 1.82) is 0 Å². The van der Waals surface area contributed by atoms with E-state index in [9.17, 15) is 0 Å². The molecule has 0 atom stereocenters. The average Bonchev–Trinajstić information content (AvgIpc) is 3.14. The molecule has 4 rings (SSSR count). The van der Waals surface area contributed by atoms with Crippen LogP contribution in [0.3, 0.4) is 0 Å². The summed E-state index contributed by atoms with van der Waals surface area (Å²) in [4.78, 5) is 7.87. The normalized spacial score (nSPS) is 11.1. The third-order valence-electron chi connectivity index (χ3n) is 3.37. The second-order valence-corrected chi connectivity index (χ2v) is 5.22. The summed E-state index contributed by atoms with van der Waals surface area (Å²) in [6.07, 6.45) is 0. The number of hydrogen-bond acceptors (Lipinski definition) is 2. The first-order valence-corrected chi connectivity index (χ1v) is 6.94. The molecule has 21 heavy (non-hydrogen) atoms. The van der Waals surface area contributed by atoms with Crippen molar-refractivity contribution in [3.63, 3.8) is 0 Å². The summed E-state index contributed by atoms with van der Waals surface area (Å²) in [5.41, 5.74) is 2.93. The molecule has 2 N–H and O–H groups in total. The van der Waals surface area contributed by atoms with Gasteiger partial charge in [0.25, 0.3) is 0 Å². The van der Waals surface area contributed by atoms with Crippen LogP contribution in [-0.4, -0.2) is 20.2 Å². The van der Waals surface area contributed by atoms with E-state index in [1.54, 1.807) is 0 Å². The Bertz CT molecular complexity index is 872. The van der Waals surface area contributed by atoms with Crippen molar-refractivity contribution in [2.45, 2.75) is 0 Å². The summed E-state index contributed by atoms with van der Waals surface area (Å²) < 4.78 is 0. The van der Waals surface area contributed by atoms with Crippen LogP contribution in [0.5, 0.6) is 0 Å². The van der Waals surface area contributed by atoms with Gasteiger partial charge in [0.05, 0.1) is 5.69 Å². The van der Waals surface area contributed by atoms with Crippen LogP contribution in [0.1, 0.15) is 0 Å². The first-order valence-electron chi connectivity index (χ1n) is 6.56. The van der Waals surface area contributed by atoms with Gasteiger partial charge in [-0.15, -0.1) is 0 Å². The Kier molecular flexibility index (Phi) is 2.75. The van der Waals surface area contributed by atoms with Crippen LogP contribution in [0.25, 0.3) is 33.8 Å². The number of hydrogen-bond donors (Lipinski definition) is 2. The first-order chi connectivity index (χ1) is 10.3.